The lowest BCUT2D eigenvalue weighted by molar-refractivity contribution is -0.147. The smallest absolute Gasteiger partial charge is 0.307 e. The van der Waals surface area contributed by atoms with Crippen molar-refractivity contribution >= 4 is 11.9 Å². The number of aromatic nitrogens is 2. The third-order valence-corrected chi connectivity index (χ3v) is 4.19. The number of ether oxygens (including phenoxy) is 3. The highest BCUT2D eigenvalue weighted by Crippen LogP contribution is 2.49. The number of nitriles is 1. The number of fused-ring (bicyclic) bond motifs is 1. The summed E-state index contributed by atoms with van der Waals surface area (Å²) in [5, 5.41) is 14.0. The van der Waals surface area contributed by atoms with E-state index < -0.39 is 17.4 Å². The van der Waals surface area contributed by atoms with Crippen molar-refractivity contribution in [2.45, 2.75) is 39.0 Å². The maximum atomic E-state index is 12.3. The fourth-order valence-corrected chi connectivity index (χ4v) is 3.32. The molecule has 1 aromatic rings. The van der Waals surface area contributed by atoms with Crippen molar-refractivity contribution in [1.29, 1.82) is 5.26 Å². The molecule has 0 saturated heterocycles. The zero-order valence-corrected chi connectivity index (χ0v) is 15.3. The third-order valence-electron chi connectivity index (χ3n) is 4.19. The quantitative estimate of drug-likeness (QED) is 0.741. The van der Waals surface area contributed by atoms with E-state index in [4.69, 9.17) is 19.9 Å². The fourth-order valence-electron chi connectivity index (χ4n) is 3.32. The zero-order chi connectivity index (χ0) is 19.5. The van der Waals surface area contributed by atoms with Gasteiger partial charge in [-0.25, -0.2) is 4.68 Å². The number of nitrogens with zero attached hydrogens (tertiary/aromatic N) is 3. The molecule has 0 saturated carbocycles. The molecule has 0 amide bonds. The van der Waals surface area contributed by atoms with E-state index in [1.165, 1.54) is 4.68 Å². The summed E-state index contributed by atoms with van der Waals surface area (Å²) in [6, 6.07) is 1.99. The van der Waals surface area contributed by atoms with E-state index in [0.29, 0.717) is 11.3 Å². The van der Waals surface area contributed by atoms with Crippen LogP contribution in [0.1, 0.15) is 37.9 Å². The molecule has 9 nitrogen and oxygen atoms in total. The molecule has 0 atom stereocenters. The Balaban J connectivity index is 2.71. The summed E-state index contributed by atoms with van der Waals surface area (Å²) < 4.78 is 17.1. The van der Waals surface area contributed by atoms with Crippen LogP contribution in [0.3, 0.4) is 0 Å². The molecule has 0 spiro atoms. The van der Waals surface area contributed by atoms with Gasteiger partial charge in [0.1, 0.15) is 11.6 Å². The minimum Gasteiger partial charge on any atom is -0.466 e. The lowest BCUT2D eigenvalue weighted by Crippen LogP contribution is -2.40. The molecule has 26 heavy (non-hydrogen) atoms. The van der Waals surface area contributed by atoms with E-state index in [-0.39, 0.29) is 43.4 Å². The molecule has 0 fully saturated rings. The van der Waals surface area contributed by atoms with Crippen molar-refractivity contribution in [3.05, 3.63) is 22.7 Å². The van der Waals surface area contributed by atoms with E-state index in [9.17, 15) is 14.9 Å². The van der Waals surface area contributed by atoms with Gasteiger partial charge in [-0.15, -0.1) is 0 Å². The Kier molecular flexibility index (Phi) is 5.55. The van der Waals surface area contributed by atoms with Crippen molar-refractivity contribution in [2.75, 3.05) is 13.2 Å². The lowest BCUT2D eigenvalue weighted by atomic mass is 9.68. The van der Waals surface area contributed by atoms with Gasteiger partial charge in [-0.3, -0.25) is 9.59 Å². The topological polar surface area (TPSA) is 129 Å². The van der Waals surface area contributed by atoms with Crippen LogP contribution in [0.25, 0.3) is 0 Å². The van der Waals surface area contributed by atoms with Crippen LogP contribution in [-0.4, -0.2) is 34.9 Å². The molecule has 0 aliphatic carbocycles. The maximum Gasteiger partial charge on any atom is 0.307 e. The zero-order valence-electron chi connectivity index (χ0n) is 15.3. The van der Waals surface area contributed by atoms with E-state index in [1.807, 2.05) is 6.07 Å². The van der Waals surface area contributed by atoms with E-state index in [2.05, 4.69) is 5.10 Å². The summed E-state index contributed by atoms with van der Waals surface area (Å²) in [6.07, 6.45) is -0.516. The average molecular weight is 362 g/mol. The molecule has 0 radical (unpaired) electrons. The molecule has 9 heteroatoms. The van der Waals surface area contributed by atoms with E-state index >= 15 is 0 Å². The Morgan fingerprint density at radius 3 is 2.27 bits per heavy atom. The minimum atomic E-state index is -1.36. The second-order valence-electron chi connectivity index (χ2n) is 5.89. The van der Waals surface area contributed by atoms with Gasteiger partial charge in [-0.05, 0) is 20.8 Å². The first-order chi connectivity index (χ1) is 12.3. The van der Waals surface area contributed by atoms with Crippen LogP contribution < -0.4 is 10.5 Å². The molecule has 2 rings (SSSR count). The highest BCUT2D eigenvalue weighted by atomic mass is 16.5. The molecule has 1 aliphatic rings. The van der Waals surface area contributed by atoms with Gasteiger partial charge in [-0.2, -0.15) is 10.4 Å². The highest BCUT2D eigenvalue weighted by molar-refractivity contribution is 5.80. The number of aryl methyl sites for hydroxylation is 2. The second kappa shape index (κ2) is 7.47. The molecule has 2 heterocycles. The van der Waals surface area contributed by atoms with Gasteiger partial charge in [0.2, 0.25) is 11.8 Å². The van der Waals surface area contributed by atoms with E-state index in [0.717, 1.165) is 0 Å². The molecular weight excluding hydrogens is 340 g/mol. The Hall–Kier alpha value is -3.02. The largest absolute Gasteiger partial charge is 0.466 e. The maximum absolute atomic E-state index is 12.3. The normalized spacial score (nSPS) is 14.9. The van der Waals surface area contributed by atoms with Gasteiger partial charge in [0.05, 0.1) is 42.7 Å². The minimum absolute atomic E-state index is 0.0118. The van der Waals surface area contributed by atoms with Crippen LogP contribution in [0.5, 0.6) is 5.88 Å². The number of esters is 2. The van der Waals surface area contributed by atoms with Crippen LogP contribution in [0.4, 0.5) is 0 Å². The van der Waals surface area contributed by atoms with Crippen molar-refractivity contribution in [3.8, 4) is 11.9 Å². The number of hydrogen-bond donors (Lipinski definition) is 1. The molecule has 0 unspecified atom stereocenters. The SMILES string of the molecule is CCOC(=O)CC1(CC(=O)OCC)C(C#N)=C(N)Oc2c1c(C)nn2C. The lowest BCUT2D eigenvalue weighted by Gasteiger charge is -2.35. The van der Waals surface area contributed by atoms with Crippen molar-refractivity contribution < 1.29 is 23.8 Å². The first-order valence-corrected chi connectivity index (χ1v) is 8.24. The Morgan fingerprint density at radius 2 is 1.81 bits per heavy atom. The number of nitrogens with two attached hydrogens (primary N) is 1. The van der Waals surface area contributed by atoms with Crippen LogP contribution in [0, 0.1) is 18.3 Å². The van der Waals surface area contributed by atoms with Gasteiger partial charge in [0, 0.05) is 7.05 Å². The Bertz CT molecular complexity index is 783. The molecule has 1 aliphatic heterocycles. The predicted molar refractivity (Wildman–Crippen MR) is 89.6 cm³/mol. The van der Waals surface area contributed by atoms with Crippen LogP contribution >= 0.6 is 0 Å². The van der Waals surface area contributed by atoms with Crippen LogP contribution in [0.15, 0.2) is 11.5 Å². The summed E-state index contributed by atoms with van der Waals surface area (Å²) in [7, 11) is 1.65. The molecule has 1 aromatic heterocycles. The summed E-state index contributed by atoms with van der Waals surface area (Å²) in [5.74, 6) is -1.01. The molecule has 2 N–H and O–H groups in total. The van der Waals surface area contributed by atoms with Gasteiger partial charge in [-0.1, -0.05) is 0 Å². The average Bonchev–Trinajstić information content (AvgIpc) is 2.82. The van der Waals surface area contributed by atoms with Gasteiger partial charge in [0.25, 0.3) is 0 Å². The highest BCUT2D eigenvalue weighted by Gasteiger charge is 2.51. The number of allylic oxidation sites excluding steroid dienone is 1. The van der Waals surface area contributed by atoms with E-state index in [1.54, 1.807) is 27.8 Å². The number of carbonyl (C=O) groups is 2. The van der Waals surface area contributed by atoms with Crippen molar-refractivity contribution in [3.63, 3.8) is 0 Å². The Morgan fingerprint density at radius 1 is 1.27 bits per heavy atom. The number of carbonyl (C=O) groups excluding carboxylic acids is 2. The Labute approximate surface area is 151 Å². The summed E-state index contributed by atoms with van der Waals surface area (Å²) in [4.78, 5) is 24.7. The predicted octanol–water partition coefficient (Wildman–Crippen LogP) is 0.959. The number of rotatable bonds is 6. The molecule has 140 valence electrons. The first-order valence-electron chi connectivity index (χ1n) is 8.24. The van der Waals surface area contributed by atoms with Gasteiger partial charge >= 0.3 is 11.9 Å². The molecule has 0 bridgehead atoms. The standard InChI is InChI=1S/C17H22N4O5/c1-5-24-12(22)7-17(8-13(23)25-6-2)11(9-18)15(19)26-16-14(17)10(3)20-21(16)4/h5-8,19H2,1-4H3. The fraction of sp³-hybridized carbons (Fsp3) is 0.529. The number of hydrogen-bond acceptors (Lipinski definition) is 8. The molecule has 0 aromatic carbocycles. The second-order valence-corrected chi connectivity index (χ2v) is 5.89. The summed E-state index contributed by atoms with van der Waals surface area (Å²) >= 11 is 0. The van der Waals surface area contributed by atoms with Gasteiger partial charge < -0.3 is 19.9 Å². The van der Waals surface area contributed by atoms with Crippen molar-refractivity contribution in [2.24, 2.45) is 12.8 Å². The van der Waals surface area contributed by atoms with Crippen LogP contribution in [0.2, 0.25) is 0 Å². The monoisotopic (exact) mass is 362 g/mol. The summed E-state index contributed by atoms with van der Waals surface area (Å²) in [5.41, 5.74) is 5.57. The molecular formula is C17H22N4O5. The third kappa shape index (κ3) is 3.22. The van der Waals surface area contributed by atoms with Crippen LogP contribution in [-0.2, 0) is 31.5 Å². The van der Waals surface area contributed by atoms with Crippen molar-refractivity contribution in [1.82, 2.24) is 9.78 Å². The van der Waals surface area contributed by atoms with Gasteiger partial charge in [0.15, 0.2) is 0 Å². The first kappa shape index (κ1) is 19.3. The summed E-state index contributed by atoms with van der Waals surface area (Å²) in [6.45, 7) is 5.41.